The van der Waals surface area contributed by atoms with Gasteiger partial charge < -0.3 is 5.32 Å². The minimum atomic E-state index is 0.702. The van der Waals surface area contributed by atoms with E-state index in [1.54, 1.807) is 6.07 Å². The van der Waals surface area contributed by atoms with Crippen molar-refractivity contribution in [1.82, 2.24) is 5.32 Å². The first-order valence-corrected chi connectivity index (χ1v) is 6.72. The Morgan fingerprint density at radius 3 is 2.56 bits per heavy atom. The average Bonchev–Trinajstić information content (AvgIpc) is 2.39. The summed E-state index contributed by atoms with van der Waals surface area (Å²) in [5, 5.41) is 4.76. The maximum absolute atomic E-state index is 6.26. The van der Waals surface area contributed by atoms with Crippen molar-refractivity contribution < 1.29 is 0 Å². The van der Waals surface area contributed by atoms with Crippen LogP contribution >= 0.6 is 23.2 Å². The van der Waals surface area contributed by atoms with Crippen LogP contribution in [-0.4, -0.2) is 6.54 Å². The maximum atomic E-state index is 6.26. The number of rotatable bonds is 4. The number of nitrogens with one attached hydrogen (secondary N) is 1. The number of hydrogen-bond donors (Lipinski definition) is 1. The van der Waals surface area contributed by atoms with Crippen molar-refractivity contribution in [3.63, 3.8) is 0 Å². The molecule has 0 amide bonds. The van der Waals surface area contributed by atoms with Gasteiger partial charge >= 0.3 is 0 Å². The van der Waals surface area contributed by atoms with E-state index in [2.05, 4.69) is 24.4 Å². The normalized spacial score (nSPS) is 10.6. The van der Waals surface area contributed by atoms with E-state index < -0.39 is 0 Å². The van der Waals surface area contributed by atoms with Gasteiger partial charge in [-0.2, -0.15) is 0 Å². The van der Waals surface area contributed by atoms with Crippen LogP contribution in [0.4, 0.5) is 0 Å². The van der Waals surface area contributed by atoms with Crippen LogP contribution in [0.2, 0.25) is 10.0 Å². The fourth-order valence-corrected chi connectivity index (χ4v) is 2.29. The lowest BCUT2D eigenvalue weighted by atomic mass is 9.99. The van der Waals surface area contributed by atoms with Gasteiger partial charge in [0, 0.05) is 22.2 Å². The average molecular weight is 280 g/mol. The van der Waals surface area contributed by atoms with Crippen molar-refractivity contribution in [2.75, 3.05) is 6.54 Å². The summed E-state index contributed by atoms with van der Waals surface area (Å²) in [5.74, 6) is 0. The van der Waals surface area contributed by atoms with Crippen molar-refractivity contribution >= 4 is 23.2 Å². The second-order valence-electron chi connectivity index (χ2n) is 4.06. The highest BCUT2D eigenvalue weighted by Crippen LogP contribution is 2.32. The lowest BCUT2D eigenvalue weighted by Gasteiger charge is -2.11. The van der Waals surface area contributed by atoms with Gasteiger partial charge in [-0.1, -0.05) is 54.4 Å². The predicted molar refractivity (Wildman–Crippen MR) is 79.3 cm³/mol. The van der Waals surface area contributed by atoms with Crippen molar-refractivity contribution in [2.45, 2.75) is 13.5 Å². The van der Waals surface area contributed by atoms with Crippen LogP contribution in [0.25, 0.3) is 11.1 Å². The third-order valence-electron chi connectivity index (χ3n) is 2.80. The summed E-state index contributed by atoms with van der Waals surface area (Å²) in [6, 6.07) is 13.8. The van der Waals surface area contributed by atoms with E-state index >= 15 is 0 Å². The highest BCUT2D eigenvalue weighted by atomic mass is 35.5. The Balaban J connectivity index is 2.46. The van der Waals surface area contributed by atoms with Crippen LogP contribution < -0.4 is 5.32 Å². The van der Waals surface area contributed by atoms with E-state index in [0.29, 0.717) is 5.02 Å². The summed E-state index contributed by atoms with van der Waals surface area (Å²) in [7, 11) is 0. The van der Waals surface area contributed by atoms with Gasteiger partial charge in [-0.05, 0) is 35.9 Å². The molecule has 0 aliphatic rings. The first-order chi connectivity index (χ1) is 8.72. The Morgan fingerprint density at radius 1 is 1.00 bits per heavy atom. The van der Waals surface area contributed by atoms with Gasteiger partial charge in [-0.25, -0.2) is 0 Å². The fraction of sp³-hybridized carbons (Fsp3) is 0.200. The van der Waals surface area contributed by atoms with Crippen molar-refractivity contribution in [1.29, 1.82) is 0 Å². The van der Waals surface area contributed by atoms with E-state index in [1.807, 2.05) is 24.3 Å². The highest BCUT2D eigenvalue weighted by Gasteiger charge is 2.08. The molecule has 1 N–H and O–H groups in total. The van der Waals surface area contributed by atoms with Gasteiger partial charge in [0.25, 0.3) is 0 Å². The molecule has 2 aromatic carbocycles. The smallest absolute Gasteiger partial charge is 0.0485 e. The van der Waals surface area contributed by atoms with E-state index in [0.717, 1.165) is 29.2 Å². The molecular formula is C15H15Cl2N. The van der Waals surface area contributed by atoms with E-state index in [1.165, 1.54) is 5.56 Å². The molecule has 2 aromatic rings. The number of halogens is 2. The summed E-state index contributed by atoms with van der Waals surface area (Å²) in [6.45, 7) is 3.86. The molecule has 0 saturated carbocycles. The molecule has 3 heteroatoms. The molecule has 0 atom stereocenters. The molecule has 0 bridgehead atoms. The summed E-state index contributed by atoms with van der Waals surface area (Å²) in [4.78, 5) is 0. The SMILES string of the molecule is CCNCc1ccccc1-c1cc(Cl)ccc1Cl. The number of hydrogen-bond acceptors (Lipinski definition) is 1. The molecule has 1 nitrogen and oxygen atoms in total. The second-order valence-corrected chi connectivity index (χ2v) is 4.91. The summed E-state index contributed by atoms with van der Waals surface area (Å²) < 4.78 is 0. The molecule has 0 unspecified atom stereocenters. The molecule has 0 heterocycles. The fourth-order valence-electron chi connectivity index (χ4n) is 1.90. The maximum Gasteiger partial charge on any atom is 0.0485 e. The lowest BCUT2D eigenvalue weighted by Crippen LogP contribution is -2.12. The van der Waals surface area contributed by atoms with Crippen LogP contribution in [0.3, 0.4) is 0 Å². The molecule has 0 aliphatic carbocycles. The highest BCUT2D eigenvalue weighted by molar-refractivity contribution is 6.35. The van der Waals surface area contributed by atoms with Gasteiger partial charge in [-0.15, -0.1) is 0 Å². The summed E-state index contributed by atoms with van der Waals surface area (Å²) in [6.07, 6.45) is 0. The predicted octanol–water partition coefficient (Wildman–Crippen LogP) is 4.77. The van der Waals surface area contributed by atoms with Crippen LogP contribution in [0, 0.1) is 0 Å². The van der Waals surface area contributed by atoms with E-state index in [9.17, 15) is 0 Å². The molecule has 2 rings (SSSR count). The molecule has 0 aliphatic heterocycles. The first kappa shape index (κ1) is 13.4. The van der Waals surface area contributed by atoms with Crippen molar-refractivity contribution in [2.24, 2.45) is 0 Å². The zero-order valence-electron chi connectivity index (χ0n) is 10.2. The minimum Gasteiger partial charge on any atom is -0.313 e. The molecule has 18 heavy (non-hydrogen) atoms. The zero-order valence-corrected chi connectivity index (χ0v) is 11.7. The molecule has 0 fully saturated rings. The molecule has 94 valence electrons. The lowest BCUT2D eigenvalue weighted by molar-refractivity contribution is 0.728. The van der Waals surface area contributed by atoms with Crippen LogP contribution in [0.15, 0.2) is 42.5 Å². The molecule has 0 saturated heterocycles. The molecule has 0 radical (unpaired) electrons. The third-order valence-corrected chi connectivity index (χ3v) is 3.37. The Bertz CT molecular complexity index is 538. The minimum absolute atomic E-state index is 0.702. The first-order valence-electron chi connectivity index (χ1n) is 5.96. The quantitative estimate of drug-likeness (QED) is 0.850. The Hall–Kier alpha value is -1.02. The van der Waals surface area contributed by atoms with Crippen LogP contribution in [-0.2, 0) is 6.54 Å². The topological polar surface area (TPSA) is 12.0 Å². The van der Waals surface area contributed by atoms with Gasteiger partial charge in [0.2, 0.25) is 0 Å². The van der Waals surface area contributed by atoms with Gasteiger partial charge in [0.15, 0.2) is 0 Å². The monoisotopic (exact) mass is 279 g/mol. The molecule has 0 spiro atoms. The zero-order chi connectivity index (χ0) is 13.0. The van der Waals surface area contributed by atoms with Crippen molar-refractivity contribution in [3.8, 4) is 11.1 Å². The summed E-state index contributed by atoms with van der Waals surface area (Å²) in [5.41, 5.74) is 3.34. The number of benzene rings is 2. The molecular weight excluding hydrogens is 265 g/mol. The van der Waals surface area contributed by atoms with Crippen LogP contribution in [0.1, 0.15) is 12.5 Å². The molecule has 0 aromatic heterocycles. The summed E-state index contributed by atoms with van der Waals surface area (Å²) >= 11 is 12.3. The van der Waals surface area contributed by atoms with Gasteiger partial charge in [0.1, 0.15) is 0 Å². The Kier molecular flexibility index (Phi) is 4.65. The Morgan fingerprint density at radius 2 is 1.78 bits per heavy atom. The van der Waals surface area contributed by atoms with E-state index in [4.69, 9.17) is 23.2 Å². The standard InChI is InChI=1S/C15H15Cl2N/c1-2-18-10-11-5-3-4-6-13(11)14-9-12(16)7-8-15(14)17/h3-9,18H,2,10H2,1H3. The third kappa shape index (κ3) is 3.05. The van der Waals surface area contributed by atoms with E-state index in [-0.39, 0.29) is 0 Å². The second kappa shape index (κ2) is 6.24. The van der Waals surface area contributed by atoms with Gasteiger partial charge in [0.05, 0.1) is 0 Å². The van der Waals surface area contributed by atoms with Crippen LogP contribution in [0.5, 0.6) is 0 Å². The van der Waals surface area contributed by atoms with Crippen molar-refractivity contribution in [3.05, 3.63) is 58.1 Å². The van der Waals surface area contributed by atoms with Gasteiger partial charge in [-0.3, -0.25) is 0 Å². The Labute approximate surface area is 118 Å². The largest absolute Gasteiger partial charge is 0.313 e.